The van der Waals surface area contributed by atoms with Crippen LogP contribution < -0.4 is 15.2 Å². The van der Waals surface area contributed by atoms with E-state index in [1.165, 1.54) is 6.07 Å². The van der Waals surface area contributed by atoms with Gasteiger partial charge in [-0.2, -0.15) is 9.97 Å². The zero-order valence-corrected chi connectivity index (χ0v) is 26.6. The molecule has 0 spiro atoms. The van der Waals surface area contributed by atoms with Crippen LogP contribution in [0.3, 0.4) is 0 Å². The molecule has 1 aromatic rings. The molecule has 0 aliphatic heterocycles. The Morgan fingerprint density at radius 2 is 0.949 bits per heavy atom. The maximum atomic E-state index is 12.9. The van der Waals surface area contributed by atoms with Crippen LogP contribution in [0.5, 0.6) is 11.8 Å². The van der Waals surface area contributed by atoms with Crippen molar-refractivity contribution in [2.24, 2.45) is 0 Å². The normalized spacial score (nSPS) is 14.4. The van der Waals surface area contributed by atoms with Crippen LogP contribution in [0, 0.1) is 0 Å². The van der Waals surface area contributed by atoms with Crippen LogP contribution in [-0.4, -0.2) is 72.5 Å². The number of nitrogens with zero attached hydrogens (tertiary/aromatic N) is 2. The fourth-order valence-corrected chi connectivity index (χ4v) is 6.75. The van der Waals surface area contributed by atoms with Crippen molar-refractivity contribution in [3.63, 3.8) is 0 Å². The zero-order valence-electron chi connectivity index (χ0n) is 24.8. The second kappa shape index (κ2) is 16.8. The largest absolute Gasteiger partial charge is 0.475 e. The summed E-state index contributed by atoms with van der Waals surface area (Å²) in [5, 5.41) is 0. The Bertz CT molecular complexity index is 850. The van der Waals surface area contributed by atoms with Crippen LogP contribution in [0.1, 0.15) is 69.2 Å². The average Bonchev–Trinajstić information content (AvgIpc) is 2.76. The van der Waals surface area contributed by atoms with E-state index in [9.17, 15) is 9.13 Å². The Balaban J connectivity index is 2.64. The molecule has 0 saturated heterocycles. The van der Waals surface area contributed by atoms with Crippen molar-refractivity contribution >= 4 is 21.1 Å². The molecule has 1 aromatic heterocycles. The van der Waals surface area contributed by atoms with Crippen molar-refractivity contribution in [3.05, 3.63) is 6.07 Å². The number of hydrogen-bond acceptors (Lipinski definition) is 13. The van der Waals surface area contributed by atoms with Gasteiger partial charge in [-0.05, 0) is 69.2 Å². The molecule has 1 rings (SSSR count). The van der Waals surface area contributed by atoms with Gasteiger partial charge in [0.1, 0.15) is 25.9 Å². The summed E-state index contributed by atoms with van der Waals surface area (Å²) in [5.74, 6) is 0.286. The van der Waals surface area contributed by atoms with E-state index >= 15 is 0 Å². The standard InChI is InChI=1S/C24H47N3O10P2/c1-16(2)34-38(28,35-17(3)4)14-32-20(9)12-30-22-11-23(27-24(25)26-22)31-13-21(10)33-15-39(29,36-18(5)6)37-19(7)8/h11,16-21H,12-15H2,1-10H3,(H2,25,26,27)/t20-,21-/m1/s1. The minimum Gasteiger partial charge on any atom is -0.475 e. The molecule has 0 unspecified atom stereocenters. The topological polar surface area (TPSA) is 160 Å². The van der Waals surface area contributed by atoms with Crippen LogP contribution in [0.2, 0.25) is 0 Å². The Labute approximate surface area is 232 Å². The van der Waals surface area contributed by atoms with E-state index in [-0.39, 0.29) is 68.0 Å². The molecule has 0 fully saturated rings. The van der Waals surface area contributed by atoms with Gasteiger partial charge in [-0.25, -0.2) is 0 Å². The van der Waals surface area contributed by atoms with Crippen molar-refractivity contribution < 1.29 is 46.2 Å². The first-order chi connectivity index (χ1) is 18.0. The maximum absolute atomic E-state index is 12.9. The molecule has 2 atom stereocenters. The molecule has 0 bridgehead atoms. The van der Waals surface area contributed by atoms with Gasteiger partial charge < -0.3 is 42.8 Å². The van der Waals surface area contributed by atoms with Gasteiger partial charge in [0.2, 0.25) is 17.7 Å². The second-order valence-electron chi connectivity index (χ2n) is 10.1. The molecule has 0 aromatic carbocycles. The lowest BCUT2D eigenvalue weighted by molar-refractivity contribution is 0.0338. The molecular weight excluding hydrogens is 552 g/mol. The predicted octanol–water partition coefficient (Wildman–Crippen LogP) is 5.63. The van der Waals surface area contributed by atoms with Gasteiger partial charge in [0, 0.05) is 0 Å². The SMILES string of the molecule is CC(C)OP(=O)(CO[C@H](C)COc1cc(OC[C@@H](C)OCP(=O)(OC(C)C)OC(C)C)nc(N)n1)OC(C)C. The molecule has 0 amide bonds. The summed E-state index contributed by atoms with van der Waals surface area (Å²) < 4.78 is 70.5. The van der Waals surface area contributed by atoms with Gasteiger partial charge in [0.25, 0.3) is 0 Å². The quantitative estimate of drug-likeness (QED) is 0.184. The van der Waals surface area contributed by atoms with Gasteiger partial charge in [-0.15, -0.1) is 0 Å². The summed E-state index contributed by atoms with van der Waals surface area (Å²) in [5.41, 5.74) is 5.80. The van der Waals surface area contributed by atoms with Gasteiger partial charge in [0.05, 0.1) is 42.7 Å². The fraction of sp³-hybridized carbons (Fsp3) is 0.833. The van der Waals surface area contributed by atoms with E-state index in [2.05, 4.69) is 9.97 Å². The lowest BCUT2D eigenvalue weighted by atomic mass is 10.4. The minimum atomic E-state index is -3.43. The van der Waals surface area contributed by atoms with Crippen molar-refractivity contribution in [2.75, 3.05) is 31.6 Å². The highest BCUT2D eigenvalue weighted by Gasteiger charge is 2.30. The van der Waals surface area contributed by atoms with Crippen LogP contribution in [0.4, 0.5) is 5.95 Å². The third-order valence-electron chi connectivity index (χ3n) is 4.15. The molecule has 13 nitrogen and oxygen atoms in total. The molecule has 15 heteroatoms. The Morgan fingerprint density at radius 3 is 1.23 bits per heavy atom. The monoisotopic (exact) mass is 599 g/mol. The van der Waals surface area contributed by atoms with E-state index in [1.54, 1.807) is 69.2 Å². The maximum Gasteiger partial charge on any atom is 0.356 e. The van der Waals surface area contributed by atoms with Crippen molar-refractivity contribution in [3.8, 4) is 11.8 Å². The highest BCUT2D eigenvalue weighted by molar-refractivity contribution is 7.53. The Kier molecular flexibility index (Phi) is 15.4. The van der Waals surface area contributed by atoms with E-state index in [4.69, 9.17) is 42.8 Å². The predicted molar refractivity (Wildman–Crippen MR) is 148 cm³/mol. The van der Waals surface area contributed by atoms with Crippen molar-refractivity contribution in [1.82, 2.24) is 9.97 Å². The highest BCUT2D eigenvalue weighted by Crippen LogP contribution is 2.51. The summed E-state index contributed by atoms with van der Waals surface area (Å²) in [7, 11) is -6.87. The summed E-state index contributed by atoms with van der Waals surface area (Å²) in [6.07, 6.45) is -2.50. The van der Waals surface area contributed by atoms with Crippen molar-refractivity contribution in [1.29, 1.82) is 0 Å². The molecule has 2 N–H and O–H groups in total. The molecule has 39 heavy (non-hydrogen) atoms. The van der Waals surface area contributed by atoms with Crippen molar-refractivity contribution in [2.45, 2.75) is 106 Å². The molecule has 1 heterocycles. The Morgan fingerprint density at radius 1 is 0.641 bits per heavy atom. The number of ether oxygens (including phenoxy) is 4. The smallest absolute Gasteiger partial charge is 0.356 e. The van der Waals surface area contributed by atoms with E-state index < -0.39 is 27.4 Å². The summed E-state index contributed by atoms with van der Waals surface area (Å²) in [6.45, 7) is 17.9. The van der Waals surface area contributed by atoms with E-state index in [1.807, 2.05) is 0 Å². The molecular formula is C24H47N3O10P2. The number of rotatable bonds is 20. The first-order valence-corrected chi connectivity index (χ1v) is 16.5. The van der Waals surface area contributed by atoms with Gasteiger partial charge in [-0.1, -0.05) is 0 Å². The summed E-state index contributed by atoms with van der Waals surface area (Å²) in [6, 6.07) is 1.47. The molecule has 228 valence electrons. The number of nitrogens with two attached hydrogens (primary N) is 1. The second-order valence-corrected chi connectivity index (χ2v) is 13.9. The van der Waals surface area contributed by atoms with Gasteiger partial charge in [-0.3, -0.25) is 9.13 Å². The van der Waals surface area contributed by atoms with Gasteiger partial charge >= 0.3 is 15.2 Å². The lowest BCUT2D eigenvalue weighted by Crippen LogP contribution is -2.22. The fourth-order valence-electron chi connectivity index (χ4n) is 2.96. The summed E-state index contributed by atoms with van der Waals surface area (Å²) in [4.78, 5) is 8.10. The number of hydrogen-bond donors (Lipinski definition) is 1. The molecule has 0 radical (unpaired) electrons. The Hall–Kier alpha value is -1.30. The minimum absolute atomic E-state index is 0.0509. The number of aromatic nitrogens is 2. The van der Waals surface area contributed by atoms with E-state index in [0.29, 0.717) is 0 Å². The molecule has 0 saturated carbocycles. The van der Waals surface area contributed by atoms with Crippen LogP contribution in [-0.2, 0) is 36.7 Å². The first kappa shape index (κ1) is 35.7. The first-order valence-electron chi connectivity index (χ1n) is 13.1. The van der Waals surface area contributed by atoms with Crippen LogP contribution in [0.25, 0.3) is 0 Å². The highest BCUT2D eigenvalue weighted by atomic mass is 31.2. The number of anilines is 1. The zero-order chi connectivity index (χ0) is 29.8. The van der Waals surface area contributed by atoms with Crippen LogP contribution >= 0.6 is 15.2 Å². The molecule has 0 aliphatic carbocycles. The third-order valence-corrected chi connectivity index (χ3v) is 8.05. The average molecular weight is 600 g/mol. The lowest BCUT2D eigenvalue weighted by Gasteiger charge is -2.24. The van der Waals surface area contributed by atoms with Crippen LogP contribution in [0.15, 0.2) is 6.07 Å². The number of nitrogen functional groups attached to an aromatic ring is 1. The molecule has 0 aliphatic rings. The van der Waals surface area contributed by atoms with E-state index in [0.717, 1.165) is 0 Å². The van der Waals surface area contributed by atoms with Gasteiger partial charge in [0.15, 0.2) is 0 Å². The summed E-state index contributed by atoms with van der Waals surface area (Å²) >= 11 is 0. The third kappa shape index (κ3) is 15.9.